The minimum atomic E-state index is -0.0702. The highest BCUT2D eigenvalue weighted by atomic mass is 16.6. The standard InChI is InChI=1S/C19H26N2O3/c22-18(11-15-1-2-15)21-9-5-19(6-10-21)12-17(14-24-19)23-13-16-3-7-20-8-4-16/h3-4,7-8,15,17H,1-2,5-6,9-14H2. The second-order valence-corrected chi connectivity index (χ2v) is 7.51. The highest BCUT2D eigenvalue weighted by Gasteiger charge is 2.44. The summed E-state index contributed by atoms with van der Waals surface area (Å²) in [6, 6.07) is 3.96. The van der Waals surface area contributed by atoms with Gasteiger partial charge in [-0.1, -0.05) is 0 Å². The summed E-state index contributed by atoms with van der Waals surface area (Å²) in [6.45, 7) is 2.95. The first-order chi connectivity index (χ1) is 11.7. The molecule has 5 nitrogen and oxygen atoms in total. The lowest BCUT2D eigenvalue weighted by Gasteiger charge is -2.38. The van der Waals surface area contributed by atoms with E-state index in [1.54, 1.807) is 12.4 Å². The lowest BCUT2D eigenvalue weighted by Crippen LogP contribution is -2.46. The van der Waals surface area contributed by atoms with E-state index in [0.29, 0.717) is 25.0 Å². The molecule has 5 heteroatoms. The van der Waals surface area contributed by atoms with Crippen LogP contribution in [0.25, 0.3) is 0 Å². The maximum atomic E-state index is 12.2. The molecule has 1 saturated carbocycles. The third-order valence-corrected chi connectivity index (χ3v) is 5.60. The van der Waals surface area contributed by atoms with Gasteiger partial charge in [0.15, 0.2) is 0 Å². The summed E-state index contributed by atoms with van der Waals surface area (Å²) in [6.07, 6.45) is 9.81. The highest BCUT2D eigenvalue weighted by Crippen LogP contribution is 2.38. The molecule has 4 rings (SSSR count). The van der Waals surface area contributed by atoms with Crippen molar-refractivity contribution >= 4 is 5.91 Å². The molecule has 1 atom stereocenters. The van der Waals surface area contributed by atoms with Crippen LogP contribution >= 0.6 is 0 Å². The molecular weight excluding hydrogens is 304 g/mol. The van der Waals surface area contributed by atoms with E-state index in [4.69, 9.17) is 9.47 Å². The third kappa shape index (κ3) is 3.78. The Morgan fingerprint density at radius 3 is 2.75 bits per heavy atom. The summed E-state index contributed by atoms with van der Waals surface area (Å²) in [7, 11) is 0. The van der Waals surface area contributed by atoms with Crippen LogP contribution in [0.3, 0.4) is 0 Å². The van der Waals surface area contributed by atoms with Gasteiger partial charge in [-0.25, -0.2) is 0 Å². The topological polar surface area (TPSA) is 51.7 Å². The van der Waals surface area contributed by atoms with Gasteiger partial charge < -0.3 is 14.4 Å². The van der Waals surface area contributed by atoms with E-state index in [0.717, 1.165) is 44.3 Å². The van der Waals surface area contributed by atoms with Crippen LogP contribution in [-0.2, 0) is 20.9 Å². The predicted octanol–water partition coefficient (Wildman–Crippen LogP) is 2.55. The van der Waals surface area contributed by atoms with E-state index in [1.165, 1.54) is 12.8 Å². The van der Waals surface area contributed by atoms with Crippen LogP contribution in [0, 0.1) is 5.92 Å². The van der Waals surface area contributed by atoms with Crippen molar-refractivity contribution in [3.63, 3.8) is 0 Å². The minimum Gasteiger partial charge on any atom is -0.372 e. The zero-order chi connectivity index (χ0) is 16.4. The smallest absolute Gasteiger partial charge is 0.222 e. The largest absolute Gasteiger partial charge is 0.372 e. The number of ether oxygens (including phenoxy) is 2. The zero-order valence-corrected chi connectivity index (χ0v) is 14.2. The predicted molar refractivity (Wildman–Crippen MR) is 89.3 cm³/mol. The van der Waals surface area contributed by atoms with E-state index in [-0.39, 0.29) is 11.7 Å². The lowest BCUT2D eigenvalue weighted by molar-refractivity contribution is -0.136. The van der Waals surface area contributed by atoms with Crippen LogP contribution in [0.15, 0.2) is 24.5 Å². The molecule has 0 N–H and O–H groups in total. The lowest BCUT2D eigenvalue weighted by atomic mass is 9.88. The molecule has 0 aromatic carbocycles. The Balaban J connectivity index is 1.23. The number of nitrogens with zero attached hydrogens (tertiary/aromatic N) is 2. The Hall–Kier alpha value is -1.46. The van der Waals surface area contributed by atoms with Crippen molar-refractivity contribution in [1.29, 1.82) is 0 Å². The van der Waals surface area contributed by atoms with Gasteiger partial charge in [0.25, 0.3) is 0 Å². The molecule has 1 unspecified atom stereocenters. The number of piperidine rings is 1. The van der Waals surface area contributed by atoms with Gasteiger partial charge in [0, 0.05) is 38.3 Å². The average Bonchev–Trinajstić information content (AvgIpc) is 3.35. The number of aromatic nitrogens is 1. The minimum absolute atomic E-state index is 0.0702. The molecule has 1 aromatic rings. The van der Waals surface area contributed by atoms with E-state index in [9.17, 15) is 4.79 Å². The van der Waals surface area contributed by atoms with Gasteiger partial charge in [-0.15, -0.1) is 0 Å². The SMILES string of the molecule is O=C(CC1CC1)N1CCC2(CC1)CC(OCc1ccncc1)CO2. The van der Waals surface area contributed by atoms with Crippen molar-refractivity contribution in [1.82, 2.24) is 9.88 Å². The highest BCUT2D eigenvalue weighted by molar-refractivity contribution is 5.76. The van der Waals surface area contributed by atoms with Crippen molar-refractivity contribution in [3.05, 3.63) is 30.1 Å². The Bertz CT molecular complexity index is 565. The van der Waals surface area contributed by atoms with Crippen LogP contribution < -0.4 is 0 Å². The number of amides is 1. The van der Waals surface area contributed by atoms with E-state index in [2.05, 4.69) is 4.98 Å². The average molecular weight is 330 g/mol. The first-order valence-corrected chi connectivity index (χ1v) is 9.15. The quantitative estimate of drug-likeness (QED) is 0.832. The second-order valence-electron chi connectivity index (χ2n) is 7.51. The fourth-order valence-electron chi connectivity index (χ4n) is 3.81. The monoisotopic (exact) mass is 330 g/mol. The molecule has 1 spiro atoms. The summed E-state index contributed by atoms with van der Waals surface area (Å²) in [5.41, 5.74) is 1.07. The summed E-state index contributed by atoms with van der Waals surface area (Å²) in [5.74, 6) is 1.01. The van der Waals surface area contributed by atoms with Crippen molar-refractivity contribution in [2.75, 3.05) is 19.7 Å². The van der Waals surface area contributed by atoms with Gasteiger partial charge >= 0.3 is 0 Å². The van der Waals surface area contributed by atoms with Crippen molar-refractivity contribution in [2.45, 2.75) is 56.8 Å². The Labute approximate surface area is 143 Å². The fourth-order valence-corrected chi connectivity index (χ4v) is 3.81. The van der Waals surface area contributed by atoms with E-state index < -0.39 is 0 Å². The molecule has 1 amide bonds. The van der Waals surface area contributed by atoms with Gasteiger partial charge in [-0.05, 0) is 49.3 Å². The number of rotatable bonds is 5. The molecule has 3 aliphatic rings. The van der Waals surface area contributed by atoms with Gasteiger partial charge in [0.1, 0.15) is 0 Å². The molecule has 24 heavy (non-hydrogen) atoms. The molecule has 2 aliphatic heterocycles. The van der Waals surface area contributed by atoms with Crippen LogP contribution in [0.1, 0.15) is 44.1 Å². The van der Waals surface area contributed by atoms with Gasteiger partial charge in [0.2, 0.25) is 5.91 Å². The number of likely N-dealkylation sites (tertiary alicyclic amines) is 1. The molecule has 130 valence electrons. The summed E-state index contributed by atoms with van der Waals surface area (Å²) < 4.78 is 12.1. The van der Waals surface area contributed by atoms with Gasteiger partial charge in [0.05, 0.1) is 24.9 Å². The van der Waals surface area contributed by atoms with Gasteiger partial charge in [-0.3, -0.25) is 9.78 Å². The summed E-state index contributed by atoms with van der Waals surface area (Å²) in [5, 5.41) is 0. The van der Waals surface area contributed by atoms with Crippen molar-refractivity contribution < 1.29 is 14.3 Å². The maximum absolute atomic E-state index is 12.2. The van der Waals surface area contributed by atoms with Crippen LogP contribution in [0.2, 0.25) is 0 Å². The molecule has 1 aliphatic carbocycles. The fraction of sp³-hybridized carbons (Fsp3) is 0.684. The second kappa shape index (κ2) is 6.81. The number of hydrogen-bond acceptors (Lipinski definition) is 4. The third-order valence-electron chi connectivity index (χ3n) is 5.60. The number of hydrogen-bond donors (Lipinski definition) is 0. The molecule has 0 bridgehead atoms. The van der Waals surface area contributed by atoms with Gasteiger partial charge in [-0.2, -0.15) is 0 Å². The van der Waals surface area contributed by atoms with Crippen molar-refractivity contribution in [3.8, 4) is 0 Å². The van der Waals surface area contributed by atoms with Crippen LogP contribution in [0.4, 0.5) is 0 Å². The number of carbonyl (C=O) groups is 1. The normalized spacial score (nSPS) is 26.0. The molecule has 3 heterocycles. The Morgan fingerprint density at radius 2 is 2.04 bits per heavy atom. The van der Waals surface area contributed by atoms with Crippen molar-refractivity contribution in [2.24, 2.45) is 5.92 Å². The van der Waals surface area contributed by atoms with Crippen LogP contribution in [-0.4, -0.2) is 47.2 Å². The maximum Gasteiger partial charge on any atom is 0.222 e. The molecule has 2 saturated heterocycles. The number of carbonyl (C=O) groups excluding carboxylic acids is 1. The molecule has 1 aromatic heterocycles. The Kier molecular flexibility index (Phi) is 4.55. The molecule has 0 radical (unpaired) electrons. The Morgan fingerprint density at radius 1 is 1.29 bits per heavy atom. The zero-order valence-electron chi connectivity index (χ0n) is 14.2. The first-order valence-electron chi connectivity index (χ1n) is 9.15. The van der Waals surface area contributed by atoms with E-state index in [1.807, 2.05) is 17.0 Å². The summed E-state index contributed by atoms with van der Waals surface area (Å²) >= 11 is 0. The van der Waals surface area contributed by atoms with Crippen LogP contribution in [0.5, 0.6) is 0 Å². The van der Waals surface area contributed by atoms with E-state index >= 15 is 0 Å². The number of pyridine rings is 1. The molecular formula is C19H26N2O3. The first kappa shape index (κ1) is 16.0. The molecule has 3 fully saturated rings. The summed E-state index contributed by atoms with van der Waals surface area (Å²) in [4.78, 5) is 18.3.